The lowest BCUT2D eigenvalue weighted by molar-refractivity contribution is 0.661. The lowest BCUT2D eigenvalue weighted by Crippen LogP contribution is -2.23. The Morgan fingerprint density at radius 3 is 2.75 bits per heavy atom. The molecular formula is C9H16OS2. The smallest absolute Gasteiger partial charge is 0.0682 e. The zero-order chi connectivity index (χ0) is 9.19. The summed E-state index contributed by atoms with van der Waals surface area (Å²) < 4.78 is 12.8. The van der Waals surface area contributed by atoms with Gasteiger partial charge in [-0.2, -0.15) is 0 Å². The Morgan fingerprint density at radius 1 is 1.67 bits per heavy atom. The zero-order valence-electron chi connectivity index (χ0n) is 7.92. The Kier molecular flexibility index (Phi) is 3.41. The van der Waals surface area contributed by atoms with Crippen molar-refractivity contribution in [2.24, 2.45) is 0 Å². The van der Waals surface area contributed by atoms with E-state index in [1.807, 2.05) is 0 Å². The highest BCUT2D eigenvalue weighted by Crippen LogP contribution is 2.39. The van der Waals surface area contributed by atoms with Crippen LogP contribution < -0.4 is 0 Å². The molecule has 0 saturated carbocycles. The first-order chi connectivity index (χ1) is 5.58. The number of thioether (sulfide) groups is 1. The molecular weight excluding hydrogens is 188 g/mol. The van der Waals surface area contributed by atoms with Gasteiger partial charge in [0, 0.05) is 5.75 Å². The first-order valence-electron chi connectivity index (χ1n) is 4.33. The van der Waals surface area contributed by atoms with Crippen molar-refractivity contribution in [1.29, 1.82) is 0 Å². The summed E-state index contributed by atoms with van der Waals surface area (Å²) in [5.41, 5.74) is 0. The molecule has 0 aliphatic carbocycles. The summed E-state index contributed by atoms with van der Waals surface area (Å²) in [6.45, 7) is 6.29. The molecule has 70 valence electrons. The normalized spacial score (nSPS) is 31.2. The van der Waals surface area contributed by atoms with E-state index in [1.54, 1.807) is 11.8 Å². The maximum Gasteiger partial charge on any atom is 0.0682 e. The summed E-state index contributed by atoms with van der Waals surface area (Å²) >= 11 is 1.76. The molecule has 12 heavy (non-hydrogen) atoms. The molecule has 0 radical (unpaired) electrons. The molecule has 1 atom stereocenters. The fourth-order valence-corrected chi connectivity index (χ4v) is 4.45. The molecule has 1 unspecified atom stereocenters. The van der Waals surface area contributed by atoms with E-state index in [1.165, 1.54) is 0 Å². The Labute approximate surface area is 81.5 Å². The van der Waals surface area contributed by atoms with Crippen molar-refractivity contribution in [3.05, 3.63) is 10.3 Å². The van der Waals surface area contributed by atoms with E-state index in [-0.39, 0.29) is 4.75 Å². The van der Waals surface area contributed by atoms with E-state index in [4.69, 9.17) is 0 Å². The molecule has 1 aliphatic heterocycles. The van der Waals surface area contributed by atoms with E-state index in [0.717, 1.165) is 22.8 Å². The molecule has 0 spiro atoms. The molecule has 0 aromatic carbocycles. The molecule has 0 amide bonds. The van der Waals surface area contributed by atoms with Crippen molar-refractivity contribution in [2.45, 2.75) is 38.4 Å². The van der Waals surface area contributed by atoms with Gasteiger partial charge in [-0.05, 0) is 20.3 Å². The van der Waals surface area contributed by atoms with Gasteiger partial charge in [-0.25, -0.2) is 0 Å². The van der Waals surface area contributed by atoms with Crippen molar-refractivity contribution in [1.82, 2.24) is 0 Å². The molecule has 0 N–H and O–H groups in total. The van der Waals surface area contributed by atoms with Gasteiger partial charge in [0.2, 0.25) is 0 Å². The summed E-state index contributed by atoms with van der Waals surface area (Å²) in [7, 11) is -0.748. The summed E-state index contributed by atoms with van der Waals surface area (Å²) in [5.74, 6) is 0.995. The van der Waals surface area contributed by atoms with Crippen LogP contribution >= 0.6 is 11.8 Å². The molecule has 3 heteroatoms. The third-order valence-corrected chi connectivity index (χ3v) is 5.83. The summed E-state index contributed by atoms with van der Waals surface area (Å²) in [4.78, 5) is 0. The van der Waals surface area contributed by atoms with Crippen LogP contribution in [0.1, 0.15) is 33.6 Å². The minimum Gasteiger partial charge on any atom is -0.253 e. The highest BCUT2D eigenvalue weighted by atomic mass is 32.2. The summed E-state index contributed by atoms with van der Waals surface area (Å²) in [6, 6.07) is 0. The van der Waals surface area contributed by atoms with Crippen molar-refractivity contribution < 1.29 is 4.21 Å². The number of unbranched alkanes of at least 4 members (excludes halogenated alkanes) is 1. The van der Waals surface area contributed by atoms with Crippen LogP contribution in [0.3, 0.4) is 0 Å². The minimum absolute atomic E-state index is 0.00968. The molecule has 0 aromatic rings. The van der Waals surface area contributed by atoms with E-state index in [2.05, 4.69) is 26.8 Å². The van der Waals surface area contributed by atoms with Crippen LogP contribution in [-0.2, 0) is 10.8 Å². The van der Waals surface area contributed by atoms with Crippen molar-refractivity contribution in [3.8, 4) is 0 Å². The quantitative estimate of drug-likeness (QED) is 0.688. The second-order valence-corrected chi connectivity index (χ2v) is 6.99. The fraction of sp³-hybridized carbons (Fsp3) is 0.778. The lowest BCUT2D eigenvalue weighted by atomic mass is 10.2. The Bertz CT molecular complexity index is 219. The molecule has 0 bridgehead atoms. The second kappa shape index (κ2) is 3.97. The number of hydrogen-bond donors (Lipinski definition) is 0. The monoisotopic (exact) mass is 204 g/mol. The van der Waals surface area contributed by atoms with Crippen molar-refractivity contribution in [3.63, 3.8) is 0 Å². The maximum absolute atomic E-state index is 11.8. The van der Waals surface area contributed by atoms with Crippen LogP contribution in [0.25, 0.3) is 0 Å². The highest BCUT2D eigenvalue weighted by molar-refractivity contribution is 8.20. The summed E-state index contributed by atoms with van der Waals surface area (Å²) in [5, 5.41) is 0. The predicted octanol–water partition coefficient (Wildman–Crippen LogP) is 2.90. The largest absolute Gasteiger partial charge is 0.253 e. The Balaban J connectivity index is 2.67. The van der Waals surface area contributed by atoms with Gasteiger partial charge in [-0.3, -0.25) is 4.21 Å². The number of hydrogen-bond acceptors (Lipinski definition) is 2. The third-order valence-electron chi connectivity index (χ3n) is 1.85. The maximum atomic E-state index is 11.8. The van der Waals surface area contributed by atoms with Crippen molar-refractivity contribution >= 4 is 22.6 Å². The first kappa shape index (κ1) is 10.3. The molecule has 1 aliphatic rings. The number of allylic oxidation sites excluding steroid dienone is 1. The highest BCUT2D eigenvalue weighted by Gasteiger charge is 2.35. The van der Waals surface area contributed by atoms with Gasteiger partial charge in [0.1, 0.15) is 0 Å². The number of rotatable bonds is 2. The first-order valence-corrected chi connectivity index (χ1v) is 6.46. The molecule has 1 saturated heterocycles. The average Bonchev–Trinajstić information content (AvgIpc) is 2.26. The minimum atomic E-state index is -0.748. The summed E-state index contributed by atoms with van der Waals surface area (Å²) in [6.07, 6.45) is 4.33. The molecule has 1 heterocycles. The van der Waals surface area contributed by atoms with Gasteiger partial charge >= 0.3 is 0 Å². The predicted molar refractivity (Wildman–Crippen MR) is 57.7 cm³/mol. The van der Waals surface area contributed by atoms with Crippen LogP contribution in [-0.4, -0.2) is 14.7 Å². The average molecular weight is 204 g/mol. The molecule has 1 nitrogen and oxygen atoms in total. The topological polar surface area (TPSA) is 17.1 Å². The fourth-order valence-electron chi connectivity index (χ4n) is 1.02. The third kappa shape index (κ3) is 2.13. The Hall–Kier alpha value is 0.240. The van der Waals surface area contributed by atoms with E-state index >= 15 is 0 Å². The van der Waals surface area contributed by atoms with Crippen LogP contribution in [0.4, 0.5) is 0 Å². The molecule has 0 aromatic heterocycles. The second-order valence-electron chi connectivity index (χ2n) is 3.63. The SMILES string of the molecule is CCC/C=C1\SCC(C)(C)S1=O. The van der Waals surface area contributed by atoms with E-state index < -0.39 is 10.8 Å². The Morgan fingerprint density at radius 2 is 2.33 bits per heavy atom. The van der Waals surface area contributed by atoms with Gasteiger partial charge in [0.05, 0.1) is 19.8 Å². The van der Waals surface area contributed by atoms with Crippen LogP contribution in [0.5, 0.6) is 0 Å². The van der Waals surface area contributed by atoms with Crippen molar-refractivity contribution in [2.75, 3.05) is 5.75 Å². The molecule has 1 rings (SSSR count). The van der Waals surface area contributed by atoms with Gasteiger partial charge in [0.25, 0.3) is 0 Å². The van der Waals surface area contributed by atoms with E-state index in [9.17, 15) is 4.21 Å². The zero-order valence-corrected chi connectivity index (χ0v) is 9.56. The van der Waals surface area contributed by atoms with Gasteiger partial charge in [-0.1, -0.05) is 19.4 Å². The van der Waals surface area contributed by atoms with Crippen LogP contribution in [0, 0.1) is 0 Å². The van der Waals surface area contributed by atoms with Crippen LogP contribution in [0.2, 0.25) is 0 Å². The lowest BCUT2D eigenvalue weighted by Gasteiger charge is -2.12. The standard InChI is InChI=1S/C9H16OS2/c1-4-5-6-8-11-7-9(2,3)12(8)10/h6H,4-5,7H2,1-3H3/b8-6+. The van der Waals surface area contributed by atoms with Gasteiger partial charge in [-0.15, -0.1) is 11.8 Å². The van der Waals surface area contributed by atoms with Crippen LogP contribution in [0.15, 0.2) is 10.3 Å². The van der Waals surface area contributed by atoms with Gasteiger partial charge < -0.3 is 0 Å². The van der Waals surface area contributed by atoms with E-state index in [0.29, 0.717) is 0 Å². The van der Waals surface area contributed by atoms with Gasteiger partial charge in [0.15, 0.2) is 0 Å². The molecule has 1 fully saturated rings.